The molecule has 0 unspecified atom stereocenters. The third kappa shape index (κ3) is 4.42. The lowest BCUT2D eigenvalue weighted by molar-refractivity contribution is -0.121. The SMILES string of the molecule is CCN(CC(=O)NCc1ccc(F)cc1)C(=O)c1cccn1C. The van der Waals surface area contributed by atoms with Crippen molar-refractivity contribution in [2.24, 2.45) is 7.05 Å². The molecule has 0 aliphatic rings. The number of halogens is 1. The van der Waals surface area contributed by atoms with Gasteiger partial charge in [-0.2, -0.15) is 0 Å². The van der Waals surface area contributed by atoms with Crippen molar-refractivity contribution in [2.45, 2.75) is 13.5 Å². The highest BCUT2D eigenvalue weighted by Gasteiger charge is 2.19. The number of nitrogens with one attached hydrogen (secondary N) is 1. The van der Waals surface area contributed by atoms with Gasteiger partial charge in [-0.05, 0) is 36.8 Å². The van der Waals surface area contributed by atoms with Crippen LogP contribution < -0.4 is 5.32 Å². The molecule has 0 saturated carbocycles. The van der Waals surface area contributed by atoms with Gasteiger partial charge in [0, 0.05) is 26.3 Å². The maximum atomic E-state index is 12.8. The van der Waals surface area contributed by atoms with Gasteiger partial charge in [-0.1, -0.05) is 12.1 Å². The summed E-state index contributed by atoms with van der Waals surface area (Å²) in [5.41, 5.74) is 1.34. The second-order valence-corrected chi connectivity index (χ2v) is 5.23. The highest BCUT2D eigenvalue weighted by Crippen LogP contribution is 2.06. The first-order valence-corrected chi connectivity index (χ1v) is 7.43. The number of rotatable bonds is 6. The summed E-state index contributed by atoms with van der Waals surface area (Å²) in [6.07, 6.45) is 1.79. The van der Waals surface area contributed by atoms with Crippen molar-refractivity contribution in [2.75, 3.05) is 13.1 Å². The van der Waals surface area contributed by atoms with Gasteiger partial charge in [-0.25, -0.2) is 4.39 Å². The minimum Gasteiger partial charge on any atom is -0.350 e. The Labute approximate surface area is 134 Å². The number of carbonyl (C=O) groups is 2. The van der Waals surface area contributed by atoms with Gasteiger partial charge >= 0.3 is 0 Å². The first-order valence-electron chi connectivity index (χ1n) is 7.43. The van der Waals surface area contributed by atoms with Crippen molar-refractivity contribution in [3.8, 4) is 0 Å². The van der Waals surface area contributed by atoms with Gasteiger partial charge in [0.05, 0.1) is 6.54 Å². The van der Waals surface area contributed by atoms with Crippen LogP contribution in [0.1, 0.15) is 23.0 Å². The lowest BCUT2D eigenvalue weighted by Crippen LogP contribution is -2.41. The lowest BCUT2D eigenvalue weighted by atomic mass is 10.2. The van der Waals surface area contributed by atoms with Crippen molar-refractivity contribution in [3.05, 3.63) is 59.7 Å². The van der Waals surface area contributed by atoms with Crippen LogP contribution in [0.15, 0.2) is 42.6 Å². The Morgan fingerprint density at radius 2 is 1.91 bits per heavy atom. The van der Waals surface area contributed by atoms with Gasteiger partial charge in [-0.3, -0.25) is 9.59 Å². The Morgan fingerprint density at radius 1 is 1.22 bits per heavy atom. The molecule has 1 aromatic carbocycles. The molecule has 0 spiro atoms. The van der Waals surface area contributed by atoms with E-state index in [0.29, 0.717) is 18.8 Å². The van der Waals surface area contributed by atoms with Crippen LogP contribution in [0.2, 0.25) is 0 Å². The highest BCUT2D eigenvalue weighted by atomic mass is 19.1. The third-order valence-electron chi connectivity index (χ3n) is 3.57. The fourth-order valence-corrected chi connectivity index (χ4v) is 2.20. The van der Waals surface area contributed by atoms with E-state index in [0.717, 1.165) is 5.56 Å². The van der Waals surface area contributed by atoms with E-state index in [-0.39, 0.29) is 24.2 Å². The summed E-state index contributed by atoms with van der Waals surface area (Å²) in [4.78, 5) is 25.9. The predicted molar refractivity (Wildman–Crippen MR) is 85.2 cm³/mol. The highest BCUT2D eigenvalue weighted by molar-refractivity contribution is 5.95. The first-order chi connectivity index (χ1) is 11.0. The van der Waals surface area contributed by atoms with Gasteiger partial charge in [0.25, 0.3) is 5.91 Å². The summed E-state index contributed by atoms with van der Waals surface area (Å²) in [5, 5.41) is 2.74. The summed E-state index contributed by atoms with van der Waals surface area (Å²) in [5.74, 6) is -0.749. The average molecular weight is 317 g/mol. The van der Waals surface area contributed by atoms with Crippen molar-refractivity contribution >= 4 is 11.8 Å². The van der Waals surface area contributed by atoms with E-state index in [4.69, 9.17) is 0 Å². The molecule has 0 aliphatic carbocycles. The number of nitrogens with zero attached hydrogens (tertiary/aromatic N) is 2. The summed E-state index contributed by atoms with van der Waals surface area (Å²) < 4.78 is 14.5. The lowest BCUT2D eigenvalue weighted by Gasteiger charge is -2.20. The molecule has 0 bridgehead atoms. The molecule has 6 heteroatoms. The number of benzene rings is 1. The number of likely N-dealkylation sites (N-methyl/N-ethyl adjacent to an activating group) is 1. The fourth-order valence-electron chi connectivity index (χ4n) is 2.20. The van der Waals surface area contributed by atoms with Crippen LogP contribution in [0.5, 0.6) is 0 Å². The zero-order valence-corrected chi connectivity index (χ0v) is 13.3. The topological polar surface area (TPSA) is 54.3 Å². The molecular formula is C17H20FN3O2. The smallest absolute Gasteiger partial charge is 0.270 e. The molecule has 1 aromatic heterocycles. The molecule has 2 aromatic rings. The normalized spacial score (nSPS) is 10.4. The molecule has 1 heterocycles. The molecular weight excluding hydrogens is 297 g/mol. The maximum absolute atomic E-state index is 12.8. The van der Waals surface area contributed by atoms with Crippen LogP contribution in [0.4, 0.5) is 4.39 Å². The fraction of sp³-hybridized carbons (Fsp3) is 0.294. The maximum Gasteiger partial charge on any atom is 0.270 e. The van der Waals surface area contributed by atoms with Crippen molar-refractivity contribution in [1.82, 2.24) is 14.8 Å². The van der Waals surface area contributed by atoms with Gasteiger partial charge in [0.15, 0.2) is 0 Å². The molecule has 122 valence electrons. The summed E-state index contributed by atoms with van der Waals surface area (Å²) in [6.45, 7) is 2.55. The van der Waals surface area contributed by atoms with Crippen molar-refractivity contribution in [1.29, 1.82) is 0 Å². The summed E-state index contributed by atoms with van der Waals surface area (Å²) in [6, 6.07) is 9.43. The average Bonchev–Trinajstić information content (AvgIpc) is 2.97. The van der Waals surface area contributed by atoms with Crippen LogP contribution in [-0.2, 0) is 18.4 Å². The number of amides is 2. The predicted octanol–water partition coefficient (Wildman–Crippen LogP) is 1.94. The second kappa shape index (κ2) is 7.58. The Bertz CT molecular complexity index is 679. The minimum absolute atomic E-state index is 0.0122. The minimum atomic E-state index is -0.314. The van der Waals surface area contributed by atoms with E-state index in [1.165, 1.54) is 17.0 Å². The van der Waals surface area contributed by atoms with Gasteiger partial charge in [0.2, 0.25) is 5.91 Å². The Morgan fingerprint density at radius 3 is 2.48 bits per heavy atom. The molecule has 0 saturated heterocycles. The molecule has 0 fully saturated rings. The van der Waals surface area contributed by atoms with Gasteiger partial charge in [0.1, 0.15) is 11.5 Å². The monoisotopic (exact) mass is 317 g/mol. The molecule has 0 aliphatic heterocycles. The zero-order valence-electron chi connectivity index (χ0n) is 13.3. The van der Waals surface area contributed by atoms with E-state index in [1.54, 1.807) is 42.1 Å². The first kappa shape index (κ1) is 16.7. The van der Waals surface area contributed by atoms with E-state index < -0.39 is 0 Å². The molecule has 2 amide bonds. The number of aryl methyl sites for hydroxylation is 1. The molecule has 0 atom stereocenters. The number of hydrogen-bond acceptors (Lipinski definition) is 2. The quantitative estimate of drug-likeness (QED) is 0.885. The van der Waals surface area contributed by atoms with Gasteiger partial charge in [-0.15, -0.1) is 0 Å². The largest absolute Gasteiger partial charge is 0.350 e. The standard InChI is InChI=1S/C17H20FN3O2/c1-3-21(17(23)15-5-4-10-20(15)2)12-16(22)19-11-13-6-8-14(18)9-7-13/h4-10H,3,11-12H2,1-2H3,(H,19,22). The Hall–Kier alpha value is -2.63. The zero-order chi connectivity index (χ0) is 16.8. The van der Waals surface area contributed by atoms with Crippen LogP contribution in [-0.4, -0.2) is 34.4 Å². The van der Waals surface area contributed by atoms with Crippen LogP contribution >= 0.6 is 0 Å². The third-order valence-corrected chi connectivity index (χ3v) is 3.57. The van der Waals surface area contributed by atoms with Crippen LogP contribution in [0.25, 0.3) is 0 Å². The Balaban J connectivity index is 1.91. The van der Waals surface area contributed by atoms with E-state index in [9.17, 15) is 14.0 Å². The van der Waals surface area contributed by atoms with Crippen molar-refractivity contribution < 1.29 is 14.0 Å². The van der Waals surface area contributed by atoms with E-state index in [1.807, 2.05) is 6.92 Å². The van der Waals surface area contributed by atoms with Gasteiger partial charge < -0.3 is 14.8 Å². The molecule has 5 nitrogen and oxygen atoms in total. The summed E-state index contributed by atoms with van der Waals surface area (Å²) in [7, 11) is 1.79. The van der Waals surface area contributed by atoms with E-state index >= 15 is 0 Å². The molecule has 23 heavy (non-hydrogen) atoms. The van der Waals surface area contributed by atoms with Crippen molar-refractivity contribution in [3.63, 3.8) is 0 Å². The number of aromatic nitrogens is 1. The van der Waals surface area contributed by atoms with Crippen LogP contribution in [0.3, 0.4) is 0 Å². The summed E-state index contributed by atoms with van der Waals surface area (Å²) >= 11 is 0. The molecule has 0 radical (unpaired) electrons. The Kier molecular flexibility index (Phi) is 5.51. The number of carbonyl (C=O) groups excluding carboxylic acids is 2. The van der Waals surface area contributed by atoms with Crippen LogP contribution in [0, 0.1) is 5.82 Å². The number of hydrogen-bond donors (Lipinski definition) is 1. The second-order valence-electron chi connectivity index (χ2n) is 5.23. The molecule has 1 N–H and O–H groups in total. The molecule has 2 rings (SSSR count). The van der Waals surface area contributed by atoms with E-state index in [2.05, 4.69) is 5.32 Å².